The number of nitrogens with zero attached hydrogens (tertiary/aromatic N) is 3. The number of hydrogen-bond donors (Lipinski definition) is 3. The van der Waals surface area contributed by atoms with Crippen molar-refractivity contribution in [2.75, 3.05) is 23.0 Å². The Bertz CT molecular complexity index is 870. The lowest BCUT2D eigenvalue weighted by atomic mass is 9.93. The van der Waals surface area contributed by atoms with Crippen LogP contribution in [-0.2, 0) is 4.79 Å². The molecule has 2 rings (SSSR count). The van der Waals surface area contributed by atoms with Gasteiger partial charge < -0.3 is 16.0 Å². The summed E-state index contributed by atoms with van der Waals surface area (Å²) in [5, 5.41) is 9.04. The third-order valence-corrected chi connectivity index (χ3v) is 4.23. The Labute approximate surface area is 164 Å². The zero-order valence-electron chi connectivity index (χ0n) is 15.9. The van der Waals surface area contributed by atoms with Gasteiger partial charge in [-0.2, -0.15) is 15.0 Å². The van der Waals surface area contributed by atoms with Crippen molar-refractivity contribution in [3.63, 3.8) is 0 Å². The van der Waals surface area contributed by atoms with Gasteiger partial charge in [-0.05, 0) is 36.6 Å². The summed E-state index contributed by atoms with van der Waals surface area (Å²) in [7, 11) is 1.71. The van der Waals surface area contributed by atoms with E-state index in [1.54, 1.807) is 7.05 Å². The van der Waals surface area contributed by atoms with Gasteiger partial charge in [0.1, 0.15) is 5.54 Å². The number of nitrogens with one attached hydrogen (secondary N) is 3. The van der Waals surface area contributed by atoms with Crippen molar-refractivity contribution >= 4 is 35.1 Å². The van der Waals surface area contributed by atoms with Crippen LogP contribution in [-0.4, -0.2) is 33.4 Å². The van der Waals surface area contributed by atoms with E-state index in [0.717, 1.165) is 18.4 Å². The molecule has 1 amide bonds. The van der Waals surface area contributed by atoms with Crippen LogP contribution in [0.3, 0.4) is 0 Å². The number of anilines is 3. The fraction of sp³-hybridized carbons (Fsp3) is 0.368. The Kier molecular flexibility index (Phi) is 6.97. The Morgan fingerprint density at radius 3 is 2.44 bits per heavy atom. The Morgan fingerprint density at radius 1 is 1.15 bits per heavy atom. The summed E-state index contributed by atoms with van der Waals surface area (Å²) in [5.41, 5.74) is 0.864. The molecule has 0 aliphatic rings. The highest BCUT2D eigenvalue weighted by atomic mass is 35.5. The second-order valence-electron chi connectivity index (χ2n) is 5.89. The van der Waals surface area contributed by atoms with Crippen LogP contribution in [0, 0.1) is 11.8 Å². The van der Waals surface area contributed by atoms with Gasteiger partial charge in [0, 0.05) is 19.5 Å². The van der Waals surface area contributed by atoms with Crippen LogP contribution in [0.15, 0.2) is 24.3 Å². The summed E-state index contributed by atoms with van der Waals surface area (Å²) in [4.78, 5) is 23.8. The Morgan fingerprint density at radius 2 is 1.81 bits per heavy atom. The predicted molar refractivity (Wildman–Crippen MR) is 109 cm³/mol. The molecule has 8 heteroatoms. The minimum atomic E-state index is -0.557. The number of rotatable bonds is 6. The van der Waals surface area contributed by atoms with Gasteiger partial charge in [0.05, 0.1) is 5.69 Å². The minimum Gasteiger partial charge on any atom is -0.357 e. The standard InChI is InChI=1S/C19H23ClN6O/c1-5-19(6-2,26-18-24-16(20)23-17(21-4)25-18)12-11-14-9-7-8-10-15(14)22-13(3)27/h7-10H,5-6H2,1-4H3,(H,22,27)(H2,21,23,24,25,26). The van der Waals surface area contributed by atoms with Crippen LogP contribution in [0.1, 0.15) is 39.2 Å². The topological polar surface area (TPSA) is 91.8 Å². The van der Waals surface area contributed by atoms with Gasteiger partial charge >= 0.3 is 0 Å². The smallest absolute Gasteiger partial charge is 0.230 e. The summed E-state index contributed by atoms with van der Waals surface area (Å²) >= 11 is 5.97. The molecule has 0 spiro atoms. The van der Waals surface area contributed by atoms with Crippen molar-refractivity contribution in [1.82, 2.24) is 15.0 Å². The van der Waals surface area contributed by atoms with E-state index in [9.17, 15) is 4.79 Å². The maximum Gasteiger partial charge on any atom is 0.230 e. The molecule has 0 unspecified atom stereocenters. The maximum absolute atomic E-state index is 11.4. The van der Waals surface area contributed by atoms with Crippen molar-refractivity contribution in [1.29, 1.82) is 0 Å². The summed E-state index contributed by atoms with van der Waals surface area (Å²) < 4.78 is 0. The highest BCUT2D eigenvalue weighted by Crippen LogP contribution is 2.22. The zero-order chi connectivity index (χ0) is 19.9. The van der Waals surface area contributed by atoms with Crippen LogP contribution in [0.2, 0.25) is 5.28 Å². The molecule has 0 aliphatic carbocycles. The van der Waals surface area contributed by atoms with E-state index in [-0.39, 0.29) is 11.2 Å². The molecule has 27 heavy (non-hydrogen) atoms. The fourth-order valence-corrected chi connectivity index (χ4v) is 2.60. The first kappa shape index (κ1) is 20.5. The maximum atomic E-state index is 11.4. The van der Waals surface area contributed by atoms with E-state index in [1.807, 2.05) is 38.1 Å². The number of para-hydroxylation sites is 1. The molecule has 0 atom stereocenters. The molecular weight excluding hydrogens is 364 g/mol. The van der Waals surface area contributed by atoms with Crippen molar-refractivity contribution < 1.29 is 4.79 Å². The molecule has 0 saturated carbocycles. The molecule has 3 N–H and O–H groups in total. The summed E-state index contributed by atoms with van der Waals surface area (Å²) in [6.45, 7) is 5.54. The molecule has 0 saturated heterocycles. The molecular formula is C19H23ClN6O. The largest absolute Gasteiger partial charge is 0.357 e. The number of hydrogen-bond acceptors (Lipinski definition) is 6. The molecule has 0 bridgehead atoms. The molecule has 2 aromatic rings. The first-order valence-corrected chi connectivity index (χ1v) is 9.06. The van der Waals surface area contributed by atoms with E-state index >= 15 is 0 Å². The molecule has 0 aliphatic heterocycles. The van der Waals surface area contributed by atoms with E-state index in [0.29, 0.717) is 17.6 Å². The van der Waals surface area contributed by atoms with Gasteiger partial charge in [-0.15, -0.1) is 0 Å². The quantitative estimate of drug-likeness (QED) is 0.657. The van der Waals surface area contributed by atoms with Gasteiger partial charge in [-0.1, -0.05) is 37.8 Å². The van der Waals surface area contributed by atoms with Gasteiger partial charge in [0.25, 0.3) is 0 Å². The second kappa shape index (κ2) is 9.19. The molecule has 1 heterocycles. The van der Waals surface area contributed by atoms with Crippen molar-refractivity contribution in [2.24, 2.45) is 0 Å². The van der Waals surface area contributed by atoms with Crippen LogP contribution in [0.5, 0.6) is 0 Å². The number of aromatic nitrogens is 3. The number of carbonyl (C=O) groups is 1. The third kappa shape index (κ3) is 5.56. The molecule has 7 nitrogen and oxygen atoms in total. The van der Waals surface area contributed by atoms with Crippen LogP contribution in [0.4, 0.5) is 17.6 Å². The van der Waals surface area contributed by atoms with Crippen molar-refractivity contribution in [3.8, 4) is 11.8 Å². The first-order chi connectivity index (χ1) is 12.9. The predicted octanol–water partition coefficient (Wildman–Crippen LogP) is 3.55. The number of halogens is 1. The molecule has 1 aromatic heterocycles. The highest BCUT2D eigenvalue weighted by Gasteiger charge is 2.25. The minimum absolute atomic E-state index is 0.0990. The summed E-state index contributed by atoms with van der Waals surface area (Å²) in [5.74, 6) is 7.06. The molecule has 0 fully saturated rings. The van der Waals surface area contributed by atoms with Crippen LogP contribution in [0.25, 0.3) is 0 Å². The average Bonchev–Trinajstić information content (AvgIpc) is 2.65. The molecule has 1 aromatic carbocycles. The summed E-state index contributed by atoms with van der Waals surface area (Å²) in [6.07, 6.45) is 1.44. The van der Waals surface area contributed by atoms with Crippen molar-refractivity contribution in [2.45, 2.75) is 39.2 Å². The van der Waals surface area contributed by atoms with E-state index in [2.05, 4.69) is 42.7 Å². The third-order valence-electron chi connectivity index (χ3n) is 4.06. The molecule has 142 valence electrons. The normalized spacial score (nSPS) is 10.6. The average molecular weight is 387 g/mol. The number of amides is 1. The van der Waals surface area contributed by atoms with Gasteiger partial charge in [0.15, 0.2) is 0 Å². The van der Waals surface area contributed by atoms with Crippen molar-refractivity contribution in [3.05, 3.63) is 35.1 Å². The number of carbonyl (C=O) groups excluding carboxylic acids is 1. The van der Waals surface area contributed by atoms with E-state index < -0.39 is 5.54 Å². The van der Waals surface area contributed by atoms with Gasteiger partial charge in [-0.25, -0.2) is 0 Å². The van der Waals surface area contributed by atoms with Crippen LogP contribution < -0.4 is 16.0 Å². The SMILES string of the molecule is CCC(C#Cc1ccccc1NC(C)=O)(CC)Nc1nc(Cl)nc(NC)n1. The van der Waals surface area contributed by atoms with Gasteiger partial charge in [0.2, 0.25) is 23.1 Å². The van der Waals surface area contributed by atoms with Crippen LogP contribution >= 0.6 is 11.6 Å². The lowest BCUT2D eigenvalue weighted by molar-refractivity contribution is -0.114. The Hall–Kier alpha value is -2.85. The number of benzene rings is 1. The van der Waals surface area contributed by atoms with E-state index in [4.69, 9.17) is 11.6 Å². The first-order valence-electron chi connectivity index (χ1n) is 8.68. The fourth-order valence-electron chi connectivity index (χ4n) is 2.44. The molecule has 0 radical (unpaired) electrons. The van der Waals surface area contributed by atoms with E-state index in [1.165, 1.54) is 6.92 Å². The monoisotopic (exact) mass is 386 g/mol. The lowest BCUT2D eigenvalue weighted by Crippen LogP contribution is -2.36. The second-order valence-corrected chi connectivity index (χ2v) is 6.23. The Balaban J connectivity index is 2.37. The summed E-state index contributed by atoms with van der Waals surface area (Å²) in [6, 6.07) is 7.43. The highest BCUT2D eigenvalue weighted by molar-refractivity contribution is 6.28. The van der Waals surface area contributed by atoms with Gasteiger partial charge in [-0.3, -0.25) is 4.79 Å². The zero-order valence-corrected chi connectivity index (χ0v) is 16.6. The lowest BCUT2D eigenvalue weighted by Gasteiger charge is -2.27.